The molecular weight excluding hydrogens is 236 g/mol. The number of ether oxygens (including phenoxy) is 1. The van der Waals surface area contributed by atoms with E-state index in [1.54, 1.807) is 0 Å². The van der Waals surface area contributed by atoms with E-state index in [1.807, 2.05) is 6.92 Å². The van der Waals surface area contributed by atoms with Gasteiger partial charge in [-0.15, -0.1) is 0 Å². The van der Waals surface area contributed by atoms with Gasteiger partial charge in [0.1, 0.15) is 5.75 Å². The molecule has 1 aromatic carbocycles. The van der Waals surface area contributed by atoms with Crippen LogP contribution >= 0.6 is 0 Å². The molecule has 1 saturated heterocycles. The van der Waals surface area contributed by atoms with E-state index in [9.17, 15) is 0 Å². The van der Waals surface area contributed by atoms with Gasteiger partial charge in [0.2, 0.25) is 0 Å². The van der Waals surface area contributed by atoms with Crippen LogP contribution in [0.5, 0.6) is 5.75 Å². The fourth-order valence-corrected chi connectivity index (χ4v) is 2.88. The standard InChI is InChI=1S/C16H26N2O/c1-2-19-16-7-5-15(6-8-16)13-18-11-3-4-14(12-18)9-10-17/h5-8,14H,2-4,9-13,17H2,1H3. The minimum Gasteiger partial charge on any atom is -0.494 e. The second kappa shape index (κ2) is 7.51. The summed E-state index contributed by atoms with van der Waals surface area (Å²) in [5.74, 6) is 1.76. The van der Waals surface area contributed by atoms with Gasteiger partial charge in [-0.1, -0.05) is 12.1 Å². The molecule has 3 nitrogen and oxygen atoms in total. The van der Waals surface area contributed by atoms with Crippen LogP contribution < -0.4 is 10.5 Å². The zero-order chi connectivity index (χ0) is 13.5. The number of piperidine rings is 1. The van der Waals surface area contributed by atoms with Gasteiger partial charge in [0, 0.05) is 13.1 Å². The number of hydrogen-bond donors (Lipinski definition) is 1. The van der Waals surface area contributed by atoms with Gasteiger partial charge in [-0.25, -0.2) is 0 Å². The number of hydrogen-bond acceptors (Lipinski definition) is 3. The normalized spacial score (nSPS) is 20.4. The van der Waals surface area contributed by atoms with Crippen molar-refractivity contribution in [1.29, 1.82) is 0 Å². The van der Waals surface area contributed by atoms with E-state index in [4.69, 9.17) is 10.5 Å². The van der Waals surface area contributed by atoms with Crippen molar-refractivity contribution >= 4 is 0 Å². The fraction of sp³-hybridized carbons (Fsp3) is 0.625. The number of likely N-dealkylation sites (tertiary alicyclic amines) is 1. The Kier molecular flexibility index (Phi) is 5.67. The van der Waals surface area contributed by atoms with Crippen LogP contribution in [0.2, 0.25) is 0 Å². The van der Waals surface area contributed by atoms with Crippen molar-refractivity contribution in [2.75, 3.05) is 26.2 Å². The Hall–Kier alpha value is -1.06. The topological polar surface area (TPSA) is 38.5 Å². The summed E-state index contributed by atoms with van der Waals surface area (Å²) in [5, 5.41) is 0. The molecule has 0 amide bonds. The van der Waals surface area contributed by atoms with Crippen LogP contribution in [-0.4, -0.2) is 31.1 Å². The van der Waals surface area contributed by atoms with Crippen molar-refractivity contribution in [3.05, 3.63) is 29.8 Å². The molecule has 0 radical (unpaired) electrons. The Morgan fingerprint density at radius 2 is 2.11 bits per heavy atom. The van der Waals surface area contributed by atoms with Gasteiger partial charge in [-0.3, -0.25) is 4.90 Å². The summed E-state index contributed by atoms with van der Waals surface area (Å²) in [7, 11) is 0. The molecule has 1 heterocycles. The molecule has 0 saturated carbocycles. The molecule has 2 N–H and O–H groups in total. The lowest BCUT2D eigenvalue weighted by Gasteiger charge is -2.32. The third kappa shape index (κ3) is 4.51. The highest BCUT2D eigenvalue weighted by Gasteiger charge is 2.19. The largest absolute Gasteiger partial charge is 0.494 e. The lowest BCUT2D eigenvalue weighted by atomic mass is 9.94. The van der Waals surface area contributed by atoms with E-state index >= 15 is 0 Å². The summed E-state index contributed by atoms with van der Waals surface area (Å²) in [6, 6.07) is 8.50. The molecule has 106 valence electrons. The quantitative estimate of drug-likeness (QED) is 0.856. The van der Waals surface area contributed by atoms with Crippen LogP contribution in [0.1, 0.15) is 31.7 Å². The van der Waals surface area contributed by atoms with Gasteiger partial charge in [0.05, 0.1) is 6.61 Å². The zero-order valence-corrected chi connectivity index (χ0v) is 12.0. The van der Waals surface area contributed by atoms with Crippen molar-refractivity contribution < 1.29 is 4.74 Å². The first-order chi connectivity index (χ1) is 9.31. The molecule has 0 aliphatic carbocycles. The van der Waals surface area contributed by atoms with Crippen molar-refractivity contribution in [3.8, 4) is 5.75 Å². The average molecular weight is 262 g/mol. The van der Waals surface area contributed by atoms with Crippen molar-refractivity contribution in [2.45, 2.75) is 32.7 Å². The van der Waals surface area contributed by atoms with Crippen LogP contribution in [0.3, 0.4) is 0 Å². The molecule has 2 rings (SSSR count). The van der Waals surface area contributed by atoms with Crippen molar-refractivity contribution in [2.24, 2.45) is 11.7 Å². The Morgan fingerprint density at radius 1 is 1.32 bits per heavy atom. The van der Waals surface area contributed by atoms with E-state index < -0.39 is 0 Å². The second-order valence-corrected chi connectivity index (χ2v) is 5.40. The van der Waals surface area contributed by atoms with Gasteiger partial charge < -0.3 is 10.5 Å². The summed E-state index contributed by atoms with van der Waals surface area (Å²) in [4.78, 5) is 2.56. The Bertz CT molecular complexity index is 362. The summed E-state index contributed by atoms with van der Waals surface area (Å²) in [6.07, 6.45) is 3.82. The number of rotatable bonds is 6. The van der Waals surface area contributed by atoms with Gasteiger partial charge in [-0.05, 0) is 62.9 Å². The van der Waals surface area contributed by atoms with Crippen LogP contribution in [0, 0.1) is 5.92 Å². The molecule has 1 aromatic rings. The third-order valence-electron chi connectivity index (χ3n) is 3.82. The zero-order valence-electron chi connectivity index (χ0n) is 12.0. The summed E-state index contributed by atoms with van der Waals surface area (Å²) < 4.78 is 5.47. The number of nitrogens with zero attached hydrogens (tertiary/aromatic N) is 1. The molecule has 1 atom stereocenters. The highest BCUT2D eigenvalue weighted by molar-refractivity contribution is 5.27. The summed E-state index contributed by atoms with van der Waals surface area (Å²) in [5.41, 5.74) is 7.04. The predicted molar refractivity (Wildman–Crippen MR) is 79.3 cm³/mol. The molecule has 1 unspecified atom stereocenters. The Balaban J connectivity index is 1.85. The molecule has 3 heteroatoms. The first-order valence-electron chi connectivity index (χ1n) is 7.46. The van der Waals surface area contributed by atoms with E-state index in [0.29, 0.717) is 0 Å². The van der Waals surface area contributed by atoms with Crippen molar-refractivity contribution in [1.82, 2.24) is 4.90 Å². The van der Waals surface area contributed by atoms with Crippen LogP contribution in [0.25, 0.3) is 0 Å². The Morgan fingerprint density at radius 3 is 2.79 bits per heavy atom. The van der Waals surface area contributed by atoms with Gasteiger partial charge in [-0.2, -0.15) is 0 Å². The maximum absolute atomic E-state index is 5.67. The second-order valence-electron chi connectivity index (χ2n) is 5.40. The van der Waals surface area contributed by atoms with E-state index in [1.165, 1.54) is 37.9 Å². The monoisotopic (exact) mass is 262 g/mol. The highest BCUT2D eigenvalue weighted by atomic mass is 16.5. The maximum Gasteiger partial charge on any atom is 0.119 e. The molecule has 1 fully saturated rings. The van der Waals surface area contributed by atoms with Crippen molar-refractivity contribution in [3.63, 3.8) is 0 Å². The summed E-state index contributed by atoms with van der Waals surface area (Å²) >= 11 is 0. The van der Waals surface area contributed by atoms with Crippen LogP contribution in [0.15, 0.2) is 24.3 Å². The maximum atomic E-state index is 5.67. The lowest BCUT2D eigenvalue weighted by molar-refractivity contribution is 0.163. The molecule has 19 heavy (non-hydrogen) atoms. The van der Waals surface area contributed by atoms with E-state index in [-0.39, 0.29) is 0 Å². The SMILES string of the molecule is CCOc1ccc(CN2CCCC(CCN)C2)cc1. The molecular formula is C16H26N2O. The molecule has 0 bridgehead atoms. The average Bonchev–Trinajstić information content (AvgIpc) is 2.42. The fourth-order valence-electron chi connectivity index (χ4n) is 2.88. The van der Waals surface area contributed by atoms with E-state index in [2.05, 4.69) is 29.2 Å². The third-order valence-corrected chi connectivity index (χ3v) is 3.82. The smallest absolute Gasteiger partial charge is 0.119 e. The highest BCUT2D eigenvalue weighted by Crippen LogP contribution is 2.21. The molecule has 0 spiro atoms. The van der Waals surface area contributed by atoms with Gasteiger partial charge in [0.15, 0.2) is 0 Å². The number of nitrogens with two attached hydrogens (primary N) is 1. The first-order valence-corrected chi connectivity index (χ1v) is 7.46. The summed E-state index contributed by atoms with van der Waals surface area (Å²) in [6.45, 7) is 7.03. The van der Waals surface area contributed by atoms with Gasteiger partial charge in [0.25, 0.3) is 0 Å². The lowest BCUT2D eigenvalue weighted by Crippen LogP contribution is -2.35. The van der Waals surface area contributed by atoms with E-state index in [0.717, 1.165) is 31.4 Å². The Labute approximate surface area is 116 Å². The molecule has 0 aromatic heterocycles. The molecule has 1 aliphatic rings. The van der Waals surface area contributed by atoms with Gasteiger partial charge >= 0.3 is 0 Å². The number of benzene rings is 1. The minimum absolute atomic E-state index is 0.728. The van der Waals surface area contributed by atoms with Crippen LogP contribution in [0.4, 0.5) is 0 Å². The minimum atomic E-state index is 0.728. The molecule has 1 aliphatic heterocycles. The first kappa shape index (κ1) is 14.4. The predicted octanol–water partition coefficient (Wildman–Crippen LogP) is 2.65. The van der Waals surface area contributed by atoms with Crippen LogP contribution in [-0.2, 0) is 6.54 Å².